The molecule has 2 unspecified atom stereocenters. The molecule has 0 radical (unpaired) electrons. The molecule has 0 bridgehead atoms. The Hall–Kier alpha value is -0.0400. The second-order valence-corrected chi connectivity index (χ2v) is 5.39. The SMILES string of the molecule is CCCCCC1(O)CCCC(CC)CC1. The highest BCUT2D eigenvalue weighted by atomic mass is 16.3. The number of aliphatic hydroxyl groups is 1. The van der Waals surface area contributed by atoms with Gasteiger partial charge in [-0.05, 0) is 31.6 Å². The van der Waals surface area contributed by atoms with Crippen LogP contribution in [-0.4, -0.2) is 10.7 Å². The van der Waals surface area contributed by atoms with E-state index >= 15 is 0 Å². The highest BCUT2D eigenvalue weighted by Gasteiger charge is 2.29. The Morgan fingerprint density at radius 1 is 1.13 bits per heavy atom. The van der Waals surface area contributed by atoms with E-state index in [0.717, 1.165) is 25.2 Å². The lowest BCUT2D eigenvalue weighted by Gasteiger charge is -2.26. The predicted octanol–water partition coefficient (Wildman–Crippen LogP) is 4.29. The van der Waals surface area contributed by atoms with Gasteiger partial charge in [0.05, 0.1) is 5.60 Å². The average molecular weight is 212 g/mol. The summed E-state index contributed by atoms with van der Waals surface area (Å²) in [7, 11) is 0. The normalized spacial score (nSPS) is 32.6. The standard InChI is InChI=1S/C14H28O/c1-3-5-6-10-14(15)11-7-8-13(4-2)9-12-14/h13,15H,3-12H2,1-2H3. The van der Waals surface area contributed by atoms with E-state index in [1.807, 2.05) is 0 Å². The van der Waals surface area contributed by atoms with E-state index in [2.05, 4.69) is 13.8 Å². The molecule has 1 fully saturated rings. The van der Waals surface area contributed by atoms with Crippen LogP contribution < -0.4 is 0 Å². The Balaban J connectivity index is 2.33. The van der Waals surface area contributed by atoms with Gasteiger partial charge in [-0.15, -0.1) is 0 Å². The fourth-order valence-corrected chi connectivity index (χ4v) is 2.82. The van der Waals surface area contributed by atoms with E-state index in [0.29, 0.717) is 0 Å². The zero-order valence-electron chi connectivity index (χ0n) is 10.6. The van der Waals surface area contributed by atoms with Crippen LogP contribution in [0.4, 0.5) is 0 Å². The average Bonchev–Trinajstić information content (AvgIpc) is 2.41. The van der Waals surface area contributed by atoms with Gasteiger partial charge in [0.1, 0.15) is 0 Å². The lowest BCUT2D eigenvalue weighted by atomic mass is 9.88. The molecule has 1 N–H and O–H groups in total. The molecule has 0 aromatic heterocycles. The first-order chi connectivity index (χ1) is 7.20. The molecule has 2 atom stereocenters. The van der Waals surface area contributed by atoms with Gasteiger partial charge in [0, 0.05) is 0 Å². The van der Waals surface area contributed by atoms with Crippen LogP contribution >= 0.6 is 0 Å². The number of hydrogen-bond donors (Lipinski definition) is 1. The molecular weight excluding hydrogens is 184 g/mol. The van der Waals surface area contributed by atoms with E-state index < -0.39 is 0 Å². The highest BCUT2D eigenvalue weighted by molar-refractivity contribution is 4.82. The number of rotatable bonds is 5. The van der Waals surface area contributed by atoms with E-state index in [9.17, 15) is 5.11 Å². The third-order valence-electron chi connectivity index (χ3n) is 4.10. The number of hydrogen-bond acceptors (Lipinski definition) is 1. The lowest BCUT2D eigenvalue weighted by molar-refractivity contribution is 0.0131. The molecule has 0 aromatic rings. The van der Waals surface area contributed by atoms with Gasteiger partial charge in [0.2, 0.25) is 0 Å². The smallest absolute Gasteiger partial charge is 0.0648 e. The molecule has 15 heavy (non-hydrogen) atoms. The third-order valence-corrected chi connectivity index (χ3v) is 4.10. The summed E-state index contributed by atoms with van der Waals surface area (Å²) in [6, 6.07) is 0. The molecule has 1 aliphatic carbocycles. The molecule has 90 valence electrons. The Morgan fingerprint density at radius 2 is 1.93 bits per heavy atom. The van der Waals surface area contributed by atoms with Crippen molar-refractivity contribution in [2.45, 2.75) is 83.7 Å². The van der Waals surface area contributed by atoms with Crippen molar-refractivity contribution in [2.75, 3.05) is 0 Å². The van der Waals surface area contributed by atoms with Gasteiger partial charge in [0.15, 0.2) is 0 Å². The molecule has 0 amide bonds. The molecule has 0 saturated heterocycles. The van der Waals surface area contributed by atoms with Crippen molar-refractivity contribution in [1.29, 1.82) is 0 Å². The topological polar surface area (TPSA) is 20.2 Å². The van der Waals surface area contributed by atoms with Crippen LogP contribution in [0.5, 0.6) is 0 Å². The minimum absolute atomic E-state index is 0.306. The van der Waals surface area contributed by atoms with Gasteiger partial charge in [0.25, 0.3) is 0 Å². The Kier molecular flexibility index (Phi) is 5.66. The maximum atomic E-state index is 10.5. The van der Waals surface area contributed by atoms with E-state index in [4.69, 9.17) is 0 Å². The Labute approximate surface area is 95.3 Å². The summed E-state index contributed by atoms with van der Waals surface area (Å²) in [5.74, 6) is 0.880. The quantitative estimate of drug-likeness (QED) is 0.532. The van der Waals surface area contributed by atoms with Crippen LogP contribution in [0.3, 0.4) is 0 Å². The van der Waals surface area contributed by atoms with Crippen molar-refractivity contribution < 1.29 is 5.11 Å². The van der Waals surface area contributed by atoms with Crippen molar-refractivity contribution in [3.8, 4) is 0 Å². The minimum Gasteiger partial charge on any atom is -0.390 e. The van der Waals surface area contributed by atoms with Gasteiger partial charge in [-0.3, -0.25) is 0 Å². The van der Waals surface area contributed by atoms with E-state index in [1.54, 1.807) is 0 Å². The Morgan fingerprint density at radius 3 is 2.60 bits per heavy atom. The minimum atomic E-state index is -0.306. The third kappa shape index (κ3) is 4.55. The van der Waals surface area contributed by atoms with Gasteiger partial charge < -0.3 is 5.11 Å². The molecule has 0 aromatic carbocycles. The Bertz CT molecular complexity index is 167. The lowest BCUT2D eigenvalue weighted by Crippen LogP contribution is -2.27. The molecule has 0 spiro atoms. The van der Waals surface area contributed by atoms with Gasteiger partial charge >= 0.3 is 0 Å². The van der Waals surface area contributed by atoms with Gasteiger partial charge in [-0.25, -0.2) is 0 Å². The fourth-order valence-electron chi connectivity index (χ4n) is 2.82. The van der Waals surface area contributed by atoms with E-state index in [1.165, 1.54) is 44.9 Å². The van der Waals surface area contributed by atoms with Gasteiger partial charge in [-0.1, -0.05) is 52.4 Å². The van der Waals surface area contributed by atoms with Crippen molar-refractivity contribution in [3.05, 3.63) is 0 Å². The molecule has 0 heterocycles. The maximum absolute atomic E-state index is 10.5. The second-order valence-electron chi connectivity index (χ2n) is 5.39. The van der Waals surface area contributed by atoms with Crippen LogP contribution in [-0.2, 0) is 0 Å². The molecule has 1 heteroatoms. The zero-order chi connectivity index (χ0) is 11.1. The first kappa shape index (κ1) is 13.0. The summed E-state index contributed by atoms with van der Waals surface area (Å²) in [6.07, 6.45) is 12.0. The summed E-state index contributed by atoms with van der Waals surface area (Å²) >= 11 is 0. The summed E-state index contributed by atoms with van der Waals surface area (Å²) in [5.41, 5.74) is -0.306. The molecule has 1 saturated carbocycles. The molecule has 1 aliphatic rings. The predicted molar refractivity (Wildman–Crippen MR) is 66.0 cm³/mol. The van der Waals surface area contributed by atoms with Gasteiger partial charge in [-0.2, -0.15) is 0 Å². The first-order valence-corrected chi connectivity index (χ1v) is 6.92. The summed E-state index contributed by atoms with van der Waals surface area (Å²) in [5, 5.41) is 10.5. The molecule has 1 nitrogen and oxygen atoms in total. The van der Waals surface area contributed by atoms with Crippen molar-refractivity contribution >= 4 is 0 Å². The second kappa shape index (κ2) is 6.52. The van der Waals surface area contributed by atoms with Crippen LogP contribution in [0.2, 0.25) is 0 Å². The van der Waals surface area contributed by atoms with Crippen molar-refractivity contribution in [2.24, 2.45) is 5.92 Å². The van der Waals surface area contributed by atoms with E-state index in [-0.39, 0.29) is 5.60 Å². The van der Waals surface area contributed by atoms with Crippen LogP contribution in [0.15, 0.2) is 0 Å². The first-order valence-electron chi connectivity index (χ1n) is 6.92. The van der Waals surface area contributed by atoms with Crippen LogP contribution in [0, 0.1) is 5.92 Å². The maximum Gasteiger partial charge on any atom is 0.0648 e. The highest BCUT2D eigenvalue weighted by Crippen LogP contribution is 2.34. The largest absolute Gasteiger partial charge is 0.390 e. The monoisotopic (exact) mass is 212 g/mol. The molecule has 1 rings (SSSR count). The van der Waals surface area contributed by atoms with Crippen LogP contribution in [0.25, 0.3) is 0 Å². The van der Waals surface area contributed by atoms with Crippen molar-refractivity contribution in [1.82, 2.24) is 0 Å². The summed E-state index contributed by atoms with van der Waals surface area (Å²) < 4.78 is 0. The molecular formula is C14H28O. The zero-order valence-corrected chi connectivity index (χ0v) is 10.6. The fraction of sp³-hybridized carbons (Fsp3) is 1.00. The number of unbranched alkanes of at least 4 members (excludes halogenated alkanes) is 2. The van der Waals surface area contributed by atoms with Crippen LogP contribution in [0.1, 0.15) is 78.1 Å². The summed E-state index contributed by atoms with van der Waals surface area (Å²) in [4.78, 5) is 0. The summed E-state index contributed by atoms with van der Waals surface area (Å²) in [6.45, 7) is 4.51. The van der Waals surface area contributed by atoms with Crippen molar-refractivity contribution in [3.63, 3.8) is 0 Å². The molecule has 0 aliphatic heterocycles.